The van der Waals surface area contributed by atoms with E-state index in [0.29, 0.717) is 0 Å². The average Bonchev–Trinajstić information content (AvgIpc) is 2.43. The summed E-state index contributed by atoms with van der Waals surface area (Å²) in [5.74, 6) is 0. The molecule has 0 radical (unpaired) electrons. The van der Waals surface area contributed by atoms with Gasteiger partial charge in [-0.25, -0.2) is 0 Å². The second-order valence-electron chi connectivity index (χ2n) is 4.89. The number of likely N-dealkylation sites (N-methyl/N-ethyl adjacent to an activating group) is 1. The van der Waals surface area contributed by atoms with Crippen LogP contribution < -0.4 is 5.32 Å². The summed E-state index contributed by atoms with van der Waals surface area (Å²) < 4.78 is 0. The monoisotopic (exact) mass is 253 g/mol. The Bertz CT molecular complexity index is 579. The number of rotatable bonds is 5. The molecule has 3 nitrogen and oxygen atoms in total. The predicted octanol–water partition coefficient (Wildman–Crippen LogP) is 2.56. The van der Waals surface area contributed by atoms with Crippen molar-refractivity contribution in [2.75, 3.05) is 27.2 Å². The zero-order chi connectivity index (χ0) is 13.7. The number of fused-ring (bicyclic) bond motifs is 1. The molecule has 0 aliphatic rings. The van der Waals surface area contributed by atoms with Crippen LogP contribution in [-0.2, 0) is 0 Å². The molecule has 0 fully saturated rings. The Morgan fingerprint density at radius 3 is 2.63 bits per heavy atom. The highest BCUT2D eigenvalue weighted by molar-refractivity contribution is 5.86. The Labute approximate surface area is 114 Å². The molecule has 2 aromatic rings. The van der Waals surface area contributed by atoms with Gasteiger partial charge in [-0.1, -0.05) is 42.5 Å². The van der Waals surface area contributed by atoms with Gasteiger partial charge in [-0.05, 0) is 30.4 Å². The Kier molecular flexibility index (Phi) is 4.51. The van der Waals surface area contributed by atoms with Gasteiger partial charge in [-0.2, -0.15) is 5.26 Å². The van der Waals surface area contributed by atoms with Gasteiger partial charge in [0, 0.05) is 13.1 Å². The molecule has 0 spiro atoms. The lowest BCUT2D eigenvalue weighted by molar-refractivity contribution is 0.395. The molecule has 3 heteroatoms. The first-order valence-corrected chi connectivity index (χ1v) is 6.48. The highest BCUT2D eigenvalue weighted by Crippen LogP contribution is 2.23. The van der Waals surface area contributed by atoms with Gasteiger partial charge in [0.15, 0.2) is 0 Å². The first kappa shape index (κ1) is 13.5. The Balaban J connectivity index is 2.24. The van der Waals surface area contributed by atoms with Crippen LogP contribution in [0.25, 0.3) is 10.8 Å². The van der Waals surface area contributed by atoms with Crippen LogP contribution in [0.15, 0.2) is 42.5 Å². The first-order chi connectivity index (χ1) is 9.22. The summed E-state index contributed by atoms with van der Waals surface area (Å²) in [7, 11) is 4.06. The van der Waals surface area contributed by atoms with Crippen LogP contribution in [0.3, 0.4) is 0 Å². The normalized spacial score (nSPS) is 12.5. The highest BCUT2D eigenvalue weighted by Gasteiger charge is 2.12. The van der Waals surface area contributed by atoms with Gasteiger partial charge in [-0.15, -0.1) is 0 Å². The SMILES string of the molecule is CN(C)CCNC(C#N)c1cccc2ccccc12. The van der Waals surface area contributed by atoms with Crippen LogP contribution in [0.4, 0.5) is 0 Å². The summed E-state index contributed by atoms with van der Waals surface area (Å²) in [6.07, 6.45) is 0. The second kappa shape index (κ2) is 6.33. The Morgan fingerprint density at radius 2 is 1.89 bits per heavy atom. The minimum atomic E-state index is -0.258. The Hall–Kier alpha value is -1.89. The standard InChI is InChI=1S/C16H19N3/c1-19(2)11-10-18-16(12-17)15-9-5-7-13-6-3-4-8-14(13)15/h3-9,16,18H,10-11H2,1-2H3. The van der Waals surface area contributed by atoms with Crippen molar-refractivity contribution in [1.82, 2.24) is 10.2 Å². The number of nitrogens with zero attached hydrogens (tertiary/aromatic N) is 2. The maximum absolute atomic E-state index is 9.38. The molecule has 0 aliphatic heterocycles. The zero-order valence-corrected chi connectivity index (χ0v) is 11.4. The molecule has 1 atom stereocenters. The summed E-state index contributed by atoms with van der Waals surface area (Å²) in [5, 5.41) is 15.0. The lowest BCUT2D eigenvalue weighted by atomic mass is 9.99. The molecule has 98 valence electrons. The smallest absolute Gasteiger partial charge is 0.122 e. The minimum absolute atomic E-state index is 0.258. The lowest BCUT2D eigenvalue weighted by Crippen LogP contribution is -2.29. The number of benzene rings is 2. The van der Waals surface area contributed by atoms with E-state index in [0.717, 1.165) is 24.0 Å². The van der Waals surface area contributed by atoms with Gasteiger partial charge in [0.2, 0.25) is 0 Å². The second-order valence-corrected chi connectivity index (χ2v) is 4.89. The van der Waals surface area contributed by atoms with Crippen molar-refractivity contribution in [1.29, 1.82) is 5.26 Å². The van der Waals surface area contributed by atoms with Gasteiger partial charge < -0.3 is 4.90 Å². The minimum Gasteiger partial charge on any atom is -0.308 e. The fraction of sp³-hybridized carbons (Fsp3) is 0.312. The van der Waals surface area contributed by atoms with E-state index in [4.69, 9.17) is 0 Å². The molecule has 0 heterocycles. The van der Waals surface area contributed by atoms with Gasteiger partial charge in [0.05, 0.1) is 6.07 Å². The van der Waals surface area contributed by atoms with Gasteiger partial charge in [-0.3, -0.25) is 5.32 Å². The predicted molar refractivity (Wildman–Crippen MR) is 78.9 cm³/mol. The molecule has 0 amide bonds. The molecule has 2 aromatic carbocycles. The summed E-state index contributed by atoms with van der Waals surface area (Å²) in [6.45, 7) is 1.72. The largest absolute Gasteiger partial charge is 0.308 e. The first-order valence-electron chi connectivity index (χ1n) is 6.48. The molecule has 1 N–H and O–H groups in total. The summed E-state index contributed by atoms with van der Waals surface area (Å²) >= 11 is 0. The third kappa shape index (κ3) is 3.31. The Morgan fingerprint density at radius 1 is 1.16 bits per heavy atom. The maximum atomic E-state index is 9.38. The van der Waals surface area contributed by atoms with Crippen LogP contribution in [-0.4, -0.2) is 32.1 Å². The number of nitriles is 1. The van der Waals surface area contributed by atoms with Crippen LogP contribution in [0.2, 0.25) is 0 Å². The number of hydrogen-bond donors (Lipinski definition) is 1. The lowest BCUT2D eigenvalue weighted by Gasteiger charge is -2.16. The quantitative estimate of drug-likeness (QED) is 0.890. The van der Waals surface area contributed by atoms with Crippen molar-refractivity contribution < 1.29 is 0 Å². The van der Waals surface area contributed by atoms with E-state index in [1.807, 2.05) is 38.4 Å². The topological polar surface area (TPSA) is 39.1 Å². The van der Waals surface area contributed by atoms with Crippen LogP contribution in [0.1, 0.15) is 11.6 Å². The van der Waals surface area contributed by atoms with Crippen molar-refractivity contribution in [3.8, 4) is 6.07 Å². The molecule has 1 unspecified atom stereocenters. The summed E-state index contributed by atoms with van der Waals surface area (Å²) in [4.78, 5) is 2.10. The van der Waals surface area contributed by atoms with Crippen molar-refractivity contribution in [3.63, 3.8) is 0 Å². The highest BCUT2D eigenvalue weighted by atomic mass is 15.1. The van der Waals surface area contributed by atoms with Crippen molar-refractivity contribution in [2.45, 2.75) is 6.04 Å². The third-order valence-corrected chi connectivity index (χ3v) is 3.17. The van der Waals surface area contributed by atoms with Crippen molar-refractivity contribution in [2.24, 2.45) is 0 Å². The molecular formula is C16H19N3. The van der Waals surface area contributed by atoms with Crippen LogP contribution in [0, 0.1) is 11.3 Å². The third-order valence-electron chi connectivity index (χ3n) is 3.17. The molecule has 0 aliphatic carbocycles. The van der Waals surface area contributed by atoms with Gasteiger partial charge in [0.1, 0.15) is 6.04 Å². The fourth-order valence-corrected chi connectivity index (χ4v) is 2.16. The molecule has 0 bridgehead atoms. The van der Waals surface area contributed by atoms with Crippen LogP contribution >= 0.6 is 0 Å². The molecule has 19 heavy (non-hydrogen) atoms. The van der Waals surface area contributed by atoms with E-state index in [2.05, 4.69) is 34.5 Å². The van der Waals surface area contributed by atoms with E-state index in [1.54, 1.807) is 0 Å². The molecule has 2 rings (SSSR count). The molecule has 0 aromatic heterocycles. The molecule has 0 saturated carbocycles. The van der Waals surface area contributed by atoms with Crippen LogP contribution in [0.5, 0.6) is 0 Å². The van der Waals surface area contributed by atoms with E-state index >= 15 is 0 Å². The van der Waals surface area contributed by atoms with E-state index < -0.39 is 0 Å². The van der Waals surface area contributed by atoms with E-state index in [9.17, 15) is 5.26 Å². The summed E-state index contributed by atoms with van der Waals surface area (Å²) in [5.41, 5.74) is 1.05. The van der Waals surface area contributed by atoms with E-state index in [1.165, 1.54) is 5.39 Å². The van der Waals surface area contributed by atoms with Crippen molar-refractivity contribution >= 4 is 10.8 Å². The van der Waals surface area contributed by atoms with Gasteiger partial charge >= 0.3 is 0 Å². The fourth-order valence-electron chi connectivity index (χ4n) is 2.16. The molecular weight excluding hydrogens is 234 g/mol. The summed E-state index contributed by atoms with van der Waals surface area (Å²) in [6, 6.07) is 16.4. The van der Waals surface area contributed by atoms with E-state index in [-0.39, 0.29) is 6.04 Å². The zero-order valence-electron chi connectivity index (χ0n) is 11.4. The average molecular weight is 253 g/mol. The maximum Gasteiger partial charge on any atom is 0.122 e. The molecule has 0 saturated heterocycles. The van der Waals surface area contributed by atoms with Gasteiger partial charge in [0.25, 0.3) is 0 Å². The van der Waals surface area contributed by atoms with Crippen molar-refractivity contribution in [3.05, 3.63) is 48.0 Å². The number of nitrogens with one attached hydrogen (secondary N) is 1. The number of hydrogen-bond acceptors (Lipinski definition) is 3.